The minimum absolute atomic E-state index is 0. The maximum Gasteiger partial charge on any atom is 0.276 e. The lowest BCUT2D eigenvalue weighted by molar-refractivity contribution is 0.0761. The van der Waals surface area contributed by atoms with Crippen molar-refractivity contribution in [2.45, 2.75) is 44.6 Å². The number of aromatic nitrogens is 2. The summed E-state index contributed by atoms with van der Waals surface area (Å²) in [5.41, 5.74) is 1.73. The Balaban J connectivity index is 0.00000256. The first-order chi connectivity index (χ1) is 14.2. The molecular weight excluding hydrogens is 402 g/mol. The summed E-state index contributed by atoms with van der Waals surface area (Å²) in [6, 6.07) is 9.19. The first kappa shape index (κ1) is 22.3. The van der Waals surface area contributed by atoms with Gasteiger partial charge in [-0.15, -0.1) is 12.4 Å². The van der Waals surface area contributed by atoms with E-state index < -0.39 is 0 Å². The zero-order valence-corrected chi connectivity index (χ0v) is 18.0. The van der Waals surface area contributed by atoms with E-state index in [1.165, 1.54) is 12.8 Å². The molecule has 1 aromatic heterocycles. The quantitative estimate of drug-likeness (QED) is 0.776. The zero-order chi connectivity index (χ0) is 20.1. The molecule has 2 N–H and O–H groups in total. The van der Waals surface area contributed by atoms with E-state index in [1.807, 2.05) is 15.8 Å². The number of carbonyl (C=O) groups excluding carboxylic acids is 2. The number of anilines is 1. The standard InChI is InChI=1S/C22H29N5O2.ClH/c28-21(20-11-15-27(25-20)19-6-5-12-23-16-19)24-18-9-7-17(8-10-18)22(29)26-13-3-1-2-4-14-26;/h7-11,15,19,23H,1-6,12-14,16H2,(H,24,28);1H. The molecule has 30 heavy (non-hydrogen) atoms. The molecule has 2 saturated heterocycles. The topological polar surface area (TPSA) is 79.3 Å². The monoisotopic (exact) mass is 431 g/mol. The van der Waals surface area contributed by atoms with Crippen molar-refractivity contribution in [3.05, 3.63) is 47.8 Å². The van der Waals surface area contributed by atoms with Crippen molar-refractivity contribution in [2.24, 2.45) is 0 Å². The van der Waals surface area contributed by atoms with Crippen LogP contribution in [0, 0.1) is 0 Å². The summed E-state index contributed by atoms with van der Waals surface area (Å²) in [5.74, 6) is -0.163. The van der Waals surface area contributed by atoms with E-state index in [0.29, 0.717) is 23.0 Å². The van der Waals surface area contributed by atoms with Crippen LogP contribution in [0.3, 0.4) is 0 Å². The van der Waals surface area contributed by atoms with Crippen LogP contribution in [0.15, 0.2) is 36.5 Å². The summed E-state index contributed by atoms with van der Waals surface area (Å²) in [4.78, 5) is 27.2. The molecule has 3 heterocycles. The highest BCUT2D eigenvalue weighted by atomic mass is 35.5. The second kappa shape index (κ2) is 10.6. The van der Waals surface area contributed by atoms with Gasteiger partial charge in [-0.2, -0.15) is 5.10 Å². The van der Waals surface area contributed by atoms with Gasteiger partial charge < -0.3 is 15.5 Å². The fourth-order valence-electron chi connectivity index (χ4n) is 4.07. The van der Waals surface area contributed by atoms with Gasteiger partial charge in [-0.1, -0.05) is 12.8 Å². The molecule has 0 aliphatic carbocycles. The van der Waals surface area contributed by atoms with Crippen LogP contribution in [0.4, 0.5) is 5.69 Å². The van der Waals surface area contributed by atoms with Crippen molar-refractivity contribution in [2.75, 3.05) is 31.5 Å². The number of hydrogen-bond donors (Lipinski definition) is 2. The number of rotatable bonds is 4. The van der Waals surface area contributed by atoms with Gasteiger partial charge >= 0.3 is 0 Å². The van der Waals surface area contributed by atoms with Gasteiger partial charge in [-0.05, 0) is 62.6 Å². The van der Waals surface area contributed by atoms with E-state index in [0.717, 1.165) is 51.9 Å². The summed E-state index contributed by atoms with van der Waals surface area (Å²) in [5, 5.41) is 10.7. The van der Waals surface area contributed by atoms with Gasteiger partial charge in [0.25, 0.3) is 11.8 Å². The van der Waals surface area contributed by atoms with Crippen molar-refractivity contribution >= 4 is 29.9 Å². The number of hydrogen-bond acceptors (Lipinski definition) is 4. The minimum Gasteiger partial charge on any atom is -0.339 e. The number of carbonyl (C=O) groups is 2. The first-order valence-corrected chi connectivity index (χ1v) is 10.7. The fourth-order valence-corrected chi connectivity index (χ4v) is 4.07. The van der Waals surface area contributed by atoms with E-state index in [1.54, 1.807) is 30.3 Å². The second-order valence-electron chi connectivity index (χ2n) is 7.92. The van der Waals surface area contributed by atoms with E-state index in [2.05, 4.69) is 15.7 Å². The molecule has 162 valence electrons. The maximum absolute atomic E-state index is 12.7. The Labute approximate surface area is 183 Å². The van der Waals surface area contributed by atoms with Gasteiger partial charge in [-0.25, -0.2) is 0 Å². The maximum atomic E-state index is 12.7. The second-order valence-corrected chi connectivity index (χ2v) is 7.92. The van der Waals surface area contributed by atoms with Gasteiger partial charge in [0.05, 0.1) is 6.04 Å². The minimum atomic E-state index is -0.237. The third-order valence-electron chi connectivity index (χ3n) is 5.77. The molecule has 2 amide bonds. The van der Waals surface area contributed by atoms with Crippen molar-refractivity contribution in [3.63, 3.8) is 0 Å². The van der Waals surface area contributed by atoms with E-state index in [-0.39, 0.29) is 24.2 Å². The summed E-state index contributed by atoms with van der Waals surface area (Å²) >= 11 is 0. The summed E-state index contributed by atoms with van der Waals surface area (Å²) in [6.07, 6.45) is 8.60. The molecular formula is C22H30ClN5O2. The summed E-state index contributed by atoms with van der Waals surface area (Å²) in [6.45, 7) is 3.59. The molecule has 8 heteroatoms. The number of halogens is 1. The third-order valence-corrected chi connectivity index (χ3v) is 5.77. The van der Waals surface area contributed by atoms with Gasteiger partial charge in [0.15, 0.2) is 5.69 Å². The summed E-state index contributed by atoms with van der Waals surface area (Å²) in [7, 11) is 0. The molecule has 2 fully saturated rings. The van der Waals surface area contributed by atoms with Crippen LogP contribution in [0.25, 0.3) is 0 Å². The SMILES string of the molecule is Cl.O=C(Nc1ccc(C(=O)N2CCCCCC2)cc1)c1ccn(C2CCCNC2)n1. The van der Waals surface area contributed by atoms with Crippen LogP contribution in [0.5, 0.6) is 0 Å². The normalized spacial score (nSPS) is 19.5. The van der Waals surface area contributed by atoms with Crippen molar-refractivity contribution < 1.29 is 9.59 Å². The Hall–Kier alpha value is -2.38. The van der Waals surface area contributed by atoms with Gasteiger partial charge in [0.1, 0.15) is 0 Å². The Kier molecular flexibility index (Phi) is 7.87. The highest BCUT2D eigenvalue weighted by molar-refractivity contribution is 6.03. The van der Waals surface area contributed by atoms with E-state index >= 15 is 0 Å². The molecule has 7 nitrogen and oxygen atoms in total. The van der Waals surface area contributed by atoms with Gasteiger partial charge in [-0.3, -0.25) is 14.3 Å². The number of nitrogens with zero attached hydrogens (tertiary/aromatic N) is 3. The predicted molar refractivity (Wildman–Crippen MR) is 119 cm³/mol. The van der Waals surface area contributed by atoms with Crippen molar-refractivity contribution in [3.8, 4) is 0 Å². The van der Waals surface area contributed by atoms with Crippen LogP contribution in [-0.2, 0) is 0 Å². The van der Waals surface area contributed by atoms with Crippen LogP contribution in [-0.4, -0.2) is 52.7 Å². The number of amides is 2. The van der Waals surface area contributed by atoms with Crippen molar-refractivity contribution in [1.29, 1.82) is 0 Å². The largest absolute Gasteiger partial charge is 0.339 e. The molecule has 4 rings (SSSR count). The number of likely N-dealkylation sites (tertiary alicyclic amines) is 1. The van der Waals surface area contributed by atoms with Crippen LogP contribution in [0.2, 0.25) is 0 Å². The highest BCUT2D eigenvalue weighted by Gasteiger charge is 2.19. The molecule has 0 saturated carbocycles. The molecule has 2 aliphatic heterocycles. The molecule has 0 radical (unpaired) electrons. The Morgan fingerprint density at radius 1 is 1.00 bits per heavy atom. The smallest absolute Gasteiger partial charge is 0.276 e. The highest BCUT2D eigenvalue weighted by Crippen LogP contribution is 2.18. The molecule has 2 aromatic rings. The number of benzene rings is 1. The average molecular weight is 432 g/mol. The Bertz CT molecular complexity index is 837. The molecule has 1 unspecified atom stereocenters. The number of nitrogens with one attached hydrogen (secondary N) is 2. The summed E-state index contributed by atoms with van der Waals surface area (Å²) < 4.78 is 1.88. The molecule has 1 atom stereocenters. The van der Waals surface area contributed by atoms with Crippen molar-refractivity contribution in [1.82, 2.24) is 20.0 Å². The van der Waals surface area contributed by atoms with E-state index in [9.17, 15) is 9.59 Å². The first-order valence-electron chi connectivity index (χ1n) is 10.7. The average Bonchev–Trinajstić information content (AvgIpc) is 3.10. The molecule has 1 aromatic carbocycles. The lowest BCUT2D eigenvalue weighted by Crippen LogP contribution is -2.32. The lowest BCUT2D eigenvalue weighted by atomic mass is 10.1. The van der Waals surface area contributed by atoms with Gasteiger partial charge in [0.2, 0.25) is 0 Å². The molecule has 0 spiro atoms. The zero-order valence-electron chi connectivity index (χ0n) is 17.2. The Morgan fingerprint density at radius 2 is 1.73 bits per heavy atom. The fraction of sp³-hybridized carbons (Fsp3) is 0.500. The van der Waals surface area contributed by atoms with Crippen LogP contribution < -0.4 is 10.6 Å². The lowest BCUT2D eigenvalue weighted by Gasteiger charge is -2.22. The molecule has 2 aliphatic rings. The Morgan fingerprint density at radius 3 is 2.40 bits per heavy atom. The van der Waals surface area contributed by atoms with Gasteiger partial charge in [0, 0.05) is 37.1 Å². The number of piperidine rings is 1. The van der Waals surface area contributed by atoms with E-state index in [4.69, 9.17) is 0 Å². The third kappa shape index (κ3) is 5.40. The predicted octanol–water partition coefficient (Wildman–Crippen LogP) is 3.50. The molecule has 0 bridgehead atoms. The van der Waals surface area contributed by atoms with Crippen LogP contribution >= 0.6 is 12.4 Å². The van der Waals surface area contributed by atoms with Crippen LogP contribution in [0.1, 0.15) is 65.4 Å².